The van der Waals surface area contributed by atoms with Crippen molar-refractivity contribution in [1.29, 1.82) is 5.26 Å². The molecule has 0 heterocycles. The second kappa shape index (κ2) is 6.67. The first-order valence-electron chi connectivity index (χ1n) is 5.23. The van der Waals surface area contributed by atoms with Crippen LogP contribution < -0.4 is 4.90 Å². The maximum Gasteiger partial charge on any atom is 0.0625 e. The molecule has 0 aromatic heterocycles. The number of unbranched alkanes of at least 4 members (excludes halogenated alkanes) is 1. The first kappa shape index (κ1) is 11.3. The molecule has 0 unspecified atom stereocenters. The number of anilines is 1. The van der Waals surface area contributed by atoms with E-state index in [1.54, 1.807) is 0 Å². The van der Waals surface area contributed by atoms with Gasteiger partial charge in [0.2, 0.25) is 0 Å². The average Bonchev–Trinajstić information content (AvgIpc) is 2.30. The van der Waals surface area contributed by atoms with Crippen LogP contribution in [0.25, 0.3) is 0 Å². The zero-order valence-electron chi connectivity index (χ0n) is 9.06. The third-order valence-corrected chi connectivity index (χ3v) is 2.14. The summed E-state index contributed by atoms with van der Waals surface area (Å²) in [5, 5.41) is 8.41. The average molecular weight is 200 g/mol. The SMILES string of the molecule is CCN(C=CCCC#N)c1ccccc1. The molecule has 0 aliphatic rings. The van der Waals surface area contributed by atoms with Crippen molar-refractivity contribution in [3.05, 3.63) is 42.6 Å². The lowest BCUT2D eigenvalue weighted by molar-refractivity contribution is 0.989. The minimum atomic E-state index is 0.586. The van der Waals surface area contributed by atoms with Crippen LogP contribution in [-0.4, -0.2) is 6.54 Å². The van der Waals surface area contributed by atoms with Crippen LogP contribution in [0.5, 0.6) is 0 Å². The number of rotatable bonds is 5. The minimum Gasteiger partial charge on any atom is -0.349 e. The fourth-order valence-electron chi connectivity index (χ4n) is 1.34. The standard InChI is InChI=1S/C13H16N2/c1-2-15(12-8-4-7-11-14)13-9-5-3-6-10-13/h3,5-6,8-10,12H,2,4,7H2,1H3. The topological polar surface area (TPSA) is 27.0 Å². The van der Waals surface area contributed by atoms with Gasteiger partial charge in [-0.05, 0) is 25.5 Å². The van der Waals surface area contributed by atoms with Crippen LogP contribution in [0.15, 0.2) is 42.6 Å². The van der Waals surface area contributed by atoms with Crippen LogP contribution in [0.2, 0.25) is 0 Å². The molecular weight excluding hydrogens is 184 g/mol. The Morgan fingerprint density at radius 2 is 2.07 bits per heavy atom. The summed E-state index contributed by atoms with van der Waals surface area (Å²) in [6.45, 7) is 3.05. The highest BCUT2D eigenvalue weighted by atomic mass is 15.1. The van der Waals surface area contributed by atoms with Crippen LogP contribution in [0.4, 0.5) is 5.69 Å². The molecule has 0 aliphatic carbocycles. The van der Waals surface area contributed by atoms with Crippen LogP contribution in [0.3, 0.4) is 0 Å². The number of hydrogen-bond donors (Lipinski definition) is 0. The van der Waals surface area contributed by atoms with Gasteiger partial charge in [0.1, 0.15) is 0 Å². The van der Waals surface area contributed by atoms with E-state index in [-0.39, 0.29) is 0 Å². The summed E-state index contributed by atoms with van der Waals surface area (Å²) in [6.07, 6.45) is 5.50. The van der Waals surface area contributed by atoms with Gasteiger partial charge >= 0.3 is 0 Å². The van der Waals surface area contributed by atoms with E-state index in [4.69, 9.17) is 5.26 Å². The smallest absolute Gasteiger partial charge is 0.0625 e. The summed E-state index contributed by atoms with van der Waals surface area (Å²) >= 11 is 0. The van der Waals surface area contributed by atoms with E-state index in [0.29, 0.717) is 6.42 Å². The number of benzene rings is 1. The van der Waals surface area contributed by atoms with Crippen molar-refractivity contribution in [2.45, 2.75) is 19.8 Å². The Bertz CT molecular complexity index is 335. The first-order chi connectivity index (χ1) is 7.38. The lowest BCUT2D eigenvalue weighted by Crippen LogP contribution is -2.14. The summed E-state index contributed by atoms with van der Waals surface area (Å²) in [5.41, 5.74) is 1.19. The molecule has 15 heavy (non-hydrogen) atoms. The van der Waals surface area contributed by atoms with Gasteiger partial charge < -0.3 is 4.90 Å². The zero-order chi connectivity index (χ0) is 10.9. The van der Waals surface area contributed by atoms with Gasteiger partial charge in [-0.25, -0.2) is 0 Å². The molecule has 0 radical (unpaired) electrons. The van der Waals surface area contributed by atoms with Crippen molar-refractivity contribution in [2.75, 3.05) is 11.4 Å². The van der Waals surface area contributed by atoms with E-state index in [1.807, 2.05) is 30.5 Å². The highest BCUT2D eigenvalue weighted by Crippen LogP contribution is 2.13. The maximum absolute atomic E-state index is 8.41. The molecule has 0 aliphatic heterocycles. The number of para-hydroxylation sites is 1. The number of nitrogens with zero attached hydrogens (tertiary/aromatic N) is 2. The van der Waals surface area contributed by atoms with E-state index < -0.39 is 0 Å². The highest BCUT2D eigenvalue weighted by molar-refractivity contribution is 5.48. The Labute approximate surface area is 91.4 Å². The van der Waals surface area contributed by atoms with Crippen molar-refractivity contribution in [3.8, 4) is 6.07 Å². The molecule has 1 aromatic carbocycles. The van der Waals surface area contributed by atoms with Crippen LogP contribution in [0.1, 0.15) is 19.8 Å². The second-order valence-electron chi connectivity index (χ2n) is 3.20. The molecule has 0 bridgehead atoms. The van der Waals surface area contributed by atoms with Gasteiger partial charge in [-0.2, -0.15) is 5.26 Å². The molecule has 0 atom stereocenters. The molecule has 1 rings (SSSR count). The predicted octanol–water partition coefficient (Wildman–Crippen LogP) is 3.33. The molecule has 0 N–H and O–H groups in total. The molecular formula is C13H16N2. The second-order valence-corrected chi connectivity index (χ2v) is 3.20. The molecule has 2 heteroatoms. The summed E-state index contributed by atoms with van der Waals surface area (Å²) < 4.78 is 0. The Kier molecular flexibility index (Phi) is 5.03. The third-order valence-electron chi connectivity index (χ3n) is 2.14. The van der Waals surface area contributed by atoms with Gasteiger partial charge in [0.15, 0.2) is 0 Å². The summed E-state index contributed by atoms with van der Waals surface area (Å²) in [5.74, 6) is 0. The van der Waals surface area contributed by atoms with E-state index in [2.05, 4.69) is 30.0 Å². The fourth-order valence-corrected chi connectivity index (χ4v) is 1.34. The first-order valence-corrected chi connectivity index (χ1v) is 5.23. The number of allylic oxidation sites excluding steroid dienone is 1. The van der Waals surface area contributed by atoms with Crippen molar-refractivity contribution in [1.82, 2.24) is 0 Å². The fraction of sp³-hybridized carbons (Fsp3) is 0.308. The number of nitriles is 1. The predicted molar refractivity (Wildman–Crippen MR) is 63.4 cm³/mol. The molecule has 0 saturated carbocycles. The van der Waals surface area contributed by atoms with Crippen LogP contribution in [0, 0.1) is 11.3 Å². The van der Waals surface area contributed by atoms with Gasteiger partial charge in [0, 0.05) is 24.9 Å². The van der Waals surface area contributed by atoms with Crippen molar-refractivity contribution >= 4 is 5.69 Å². The normalized spacial score (nSPS) is 10.1. The molecule has 0 saturated heterocycles. The Morgan fingerprint density at radius 3 is 2.67 bits per heavy atom. The molecule has 0 spiro atoms. The molecule has 1 aromatic rings. The lowest BCUT2D eigenvalue weighted by Gasteiger charge is -2.17. The summed E-state index contributed by atoms with van der Waals surface area (Å²) in [4.78, 5) is 2.16. The largest absolute Gasteiger partial charge is 0.349 e. The Balaban J connectivity index is 2.57. The highest BCUT2D eigenvalue weighted by Gasteiger charge is 1.97. The monoisotopic (exact) mass is 200 g/mol. The zero-order valence-corrected chi connectivity index (χ0v) is 9.06. The Morgan fingerprint density at radius 1 is 1.33 bits per heavy atom. The van der Waals surface area contributed by atoms with E-state index in [1.165, 1.54) is 5.69 Å². The molecule has 78 valence electrons. The minimum absolute atomic E-state index is 0.586. The lowest BCUT2D eigenvalue weighted by atomic mass is 10.3. The quantitative estimate of drug-likeness (QED) is 0.682. The molecule has 0 fully saturated rings. The van der Waals surface area contributed by atoms with Crippen molar-refractivity contribution in [2.24, 2.45) is 0 Å². The van der Waals surface area contributed by atoms with E-state index in [9.17, 15) is 0 Å². The van der Waals surface area contributed by atoms with Crippen molar-refractivity contribution < 1.29 is 0 Å². The van der Waals surface area contributed by atoms with Crippen LogP contribution >= 0.6 is 0 Å². The summed E-state index contributed by atoms with van der Waals surface area (Å²) in [7, 11) is 0. The van der Waals surface area contributed by atoms with Gasteiger partial charge in [0.05, 0.1) is 6.07 Å². The van der Waals surface area contributed by atoms with Crippen molar-refractivity contribution in [3.63, 3.8) is 0 Å². The van der Waals surface area contributed by atoms with Gasteiger partial charge in [-0.1, -0.05) is 24.3 Å². The third kappa shape index (κ3) is 3.86. The number of hydrogen-bond acceptors (Lipinski definition) is 2. The van der Waals surface area contributed by atoms with Gasteiger partial charge in [-0.15, -0.1) is 0 Å². The van der Waals surface area contributed by atoms with E-state index in [0.717, 1.165) is 13.0 Å². The molecule has 2 nitrogen and oxygen atoms in total. The maximum atomic E-state index is 8.41. The molecule has 0 amide bonds. The summed E-state index contributed by atoms with van der Waals surface area (Å²) in [6, 6.07) is 12.4. The van der Waals surface area contributed by atoms with Gasteiger partial charge in [-0.3, -0.25) is 0 Å². The van der Waals surface area contributed by atoms with Crippen LogP contribution in [-0.2, 0) is 0 Å². The Hall–Kier alpha value is -1.75. The van der Waals surface area contributed by atoms with Gasteiger partial charge in [0.25, 0.3) is 0 Å². The van der Waals surface area contributed by atoms with E-state index >= 15 is 0 Å².